The first kappa shape index (κ1) is 93.9. The predicted molar refractivity (Wildman–Crippen MR) is 487 cm³/mol. The van der Waals surface area contributed by atoms with Crippen LogP contribution in [0.1, 0.15) is 199 Å². The molecular formula is C104H102F12N8O9. The summed E-state index contributed by atoms with van der Waals surface area (Å²) in [6.07, 6.45) is 12.0. The fraction of sp³-hybridized carbons (Fsp3) is 0.346. The maximum absolute atomic E-state index is 15.5. The summed E-state index contributed by atoms with van der Waals surface area (Å²) in [5.41, 5.74) is 6.28. The number of alkyl halides is 4. The van der Waals surface area contributed by atoms with E-state index in [2.05, 4.69) is 37.8 Å². The van der Waals surface area contributed by atoms with Gasteiger partial charge in [-0.15, -0.1) is 0 Å². The van der Waals surface area contributed by atoms with Crippen molar-refractivity contribution < 1.29 is 97.0 Å². The van der Waals surface area contributed by atoms with Gasteiger partial charge in [0, 0.05) is 163 Å². The Balaban J connectivity index is 0.000000129. The van der Waals surface area contributed by atoms with Crippen LogP contribution in [0.5, 0.6) is 0 Å². The van der Waals surface area contributed by atoms with Crippen LogP contribution in [0.2, 0.25) is 0 Å². The number of carboxylic acids is 4. The number of halogens is 12. The van der Waals surface area contributed by atoms with Gasteiger partial charge in [-0.25, -0.2) is 71.9 Å². The molecule has 1 saturated heterocycles. The Bertz CT molecular complexity index is 6520. The first-order chi connectivity index (χ1) is 62.8. The number of fused-ring (bicyclic) bond motifs is 12. The molecule has 5 aliphatic heterocycles. The maximum atomic E-state index is 15.5. The van der Waals surface area contributed by atoms with Crippen molar-refractivity contribution in [1.82, 2.24) is 39.5 Å². The molecule has 696 valence electrons. The Hall–Kier alpha value is -12.3. The number of hydrogen-bond acceptors (Lipinski definition) is 9. The highest BCUT2D eigenvalue weighted by Gasteiger charge is 2.69. The van der Waals surface area contributed by atoms with E-state index in [1.807, 2.05) is 113 Å². The van der Waals surface area contributed by atoms with Gasteiger partial charge in [-0.2, -0.15) is 0 Å². The number of carbonyl (C=O) groups is 4. The number of nitrogens with zero attached hydrogens (tertiary/aromatic N) is 4. The largest absolute Gasteiger partial charge is 0.478 e. The number of ether oxygens (including phenoxy) is 1. The lowest BCUT2D eigenvalue weighted by Gasteiger charge is -2.67. The molecule has 133 heavy (non-hydrogen) atoms. The summed E-state index contributed by atoms with van der Waals surface area (Å²) in [5.74, 6) is -11.1. The fourth-order valence-electron chi connectivity index (χ4n) is 21.1. The second kappa shape index (κ2) is 36.3. The molecule has 8 atom stereocenters. The summed E-state index contributed by atoms with van der Waals surface area (Å²) >= 11 is 0. The van der Waals surface area contributed by atoms with Crippen LogP contribution in [-0.2, 0) is 49.6 Å². The van der Waals surface area contributed by atoms with Gasteiger partial charge < -0.3 is 45.1 Å². The van der Waals surface area contributed by atoms with Gasteiger partial charge in [-0.3, -0.25) is 19.6 Å². The van der Waals surface area contributed by atoms with Gasteiger partial charge in [-0.1, -0.05) is 60.2 Å². The van der Waals surface area contributed by atoms with Crippen molar-refractivity contribution in [3.63, 3.8) is 0 Å². The van der Waals surface area contributed by atoms with Crippen LogP contribution in [0.3, 0.4) is 0 Å². The number of aryl methyl sites for hydroxylation is 2. The van der Waals surface area contributed by atoms with E-state index in [0.717, 1.165) is 168 Å². The molecule has 3 aliphatic carbocycles. The van der Waals surface area contributed by atoms with Crippen molar-refractivity contribution in [1.29, 1.82) is 0 Å². The fourth-order valence-corrected chi connectivity index (χ4v) is 21.1. The molecule has 8 unspecified atom stereocenters. The van der Waals surface area contributed by atoms with Crippen molar-refractivity contribution in [2.75, 3.05) is 39.4 Å². The summed E-state index contributed by atoms with van der Waals surface area (Å²) in [6.45, 7) is 18.1. The van der Waals surface area contributed by atoms with E-state index < -0.39 is 117 Å². The van der Waals surface area contributed by atoms with E-state index in [1.54, 1.807) is 14.7 Å². The highest BCUT2D eigenvalue weighted by Crippen LogP contribution is 2.70. The lowest BCUT2D eigenvalue weighted by atomic mass is 9.42. The van der Waals surface area contributed by atoms with Crippen molar-refractivity contribution in [2.24, 2.45) is 5.41 Å². The second-order valence-corrected chi connectivity index (χ2v) is 38.3. The van der Waals surface area contributed by atoms with Gasteiger partial charge in [-0.05, 0) is 273 Å². The van der Waals surface area contributed by atoms with Crippen LogP contribution in [0.4, 0.5) is 52.7 Å². The summed E-state index contributed by atoms with van der Waals surface area (Å²) in [6, 6.07) is 32.7. The van der Waals surface area contributed by atoms with E-state index in [9.17, 15) is 32.3 Å². The van der Waals surface area contributed by atoms with Gasteiger partial charge in [0.15, 0.2) is 5.67 Å². The average molecular weight is 1840 g/mol. The summed E-state index contributed by atoms with van der Waals surface area (Å²) in [4.78, 5) is 64.2. The Labute approximate surface area is 759 Å². The number of para-hydroxylation sites is 2. The lowest BCUT2D eigenvalue weighted by molar-refractivity contribution is -0.226. The third-order valence-electron chi connectivity index (χ3n) is 26.6. The van der Waals surface area contributed by atoms with E-state index in [-0.39, 0.29) is 107 Å². The number of aromatic amines is 4. The van der Waals surface area contributed by atoms with Crippen LogP contribution < -0.4 is 0 Å². The van der Waals surface area contributed by atoms with Gasteiger partial charge in [0.1, 0.15) is 63.5 Å². The molecule has 3 saturated carbocycles. The van der Waals surface area contributed by atoms with Crippen LogP contribution in [-0.4, -0.2) is 170 Å². The minimum absolute atomic E-state index is 0.00618. The van der Waals surface area contributed by atoms with E-state index >= 15 is 39.5 Å². The first-order valence-electron chi connectivity index (χ1n) is 44.2. The number of aromatic nitrogens is 4. The number of H-pyrrole nitrogens is 4. The lowest BCUT2D eigenvalue weighted by Crippen LogP contribution is -2.68. The molecule has 8 N–H and O–H groups in total. The molecule has 0 spiro atoms. The Morgan fingerprint density at radius 3 is 1.00 bits per heavy atom. The highest BCUT2D eigenvalue weighted by atomic mass is 19.2. The van der Waals surface area contributed by atoms with E-state index in [4.69, 9.17) is 25.2 Å². The minimum atomic E-state index is -1.58. The monoisotopic (exact) mass is 1830 g/mol. The minimum Gasteiger partial charge on any atom is -0.478 e. The molecule has 9 heterocycles. The Morgan fingerprint density at radius 1 is 0.391 bits per heavy atom. The Morgan fingerprint density at radius 2 is 0.677 bits per heavy atom. The Kier molecular flexibility index (Phi) is 25.6. The van der Waals surface area contributed by atoms with Gasteiger partial charge in [0.25, 0.3) is 0 Å². The molecule has 17 nitrogen and oxygen atoms in total. The zero-order chi connectivity index (χ0) is 95.3. The number of aliphatic carboxylic acids is 4. The van der Waals surface area contributed by atoms with Crippen molar-refractivity contribution in [3.8, 4) is 0 Å². The zero-order valence-electron chi connectivity index (χ0n) is 74.8. The van der Waals surface area contributed by atoms with Gasteiger partial charge in [0.05, 0.1) is 37.4 Å². The average Bonchev–Trinajstić information content (AvgIpc) is 0.902. The SMILES string of the molecule is CC1Cc2c([nH]c3ccccc23)C(c2c(F)cc(/C=C/C(=O)O)cc2F)N1CC1(F)COC1.CC1Cc2c([nH]c3ccccc23)C(c2c(F)cc(/C=C/C(=O)O)cc2F)N1CC12CC(F)(C1)C2.Cc1ccc2[nH]c3c(c2c1)CC(C)N(CC(C)(C)F)C3c1c(F)cc(/C=C/C(=O)O)cc1F.Cc1ccc2c3c([nH]c2c1)C(c1c(F)cc(/C=C/C(=O)O)cc1F)N(CC(C)(C)F)C(C)C3. The van der Waals surface area contributed by atoms with Crippen molar-refractivity contribution in [2.45, 2.75) is 185 Å². The molecule has 12 aromatic rings. The predicted octanol–water partition coefficient (Wildman–Crippen LogP) is 22.3. The third kappa shape index (κ3) is 19.2. The highest BCUT2D eigenvalue weighted by molar-refractivity contribution is 5.91. The maximum Gasteiger partial charge on any atom is 0.328 e. The molecule has 8 aromatic carbocycles. The molecule has 4 aromatic heterocycles. The van der Waals surface area contributed by atoms with Crippen LogP contribution >= 0.6 is 0 Å². The quantitative estimate of drug-likeness (QED) is 0.0262. The summed E-state index contributed by atoms with van der Waals surface area (Å²) < 4.78 is 188. The number of nitrogens with one attached hydrogen (secondary N) is 4. The number of rotatable bonds is 20. The smallest absolute Gasteiger partial charge is 0.328 e. The van der Waals surface area contributed by atoms with E-state index in [1.165, 1.54) is 45.9 Å². The summed E-state index contributed by atoms with van der Waals surface area (Å²) in [7, 11) is 0. The van der Waals surface area contributed by atoms with Crippen molar-refractivity contribution in [3.05, 3.63) is 305 Å². The zero-order valence-corrected chi connectivity index (χ0v) is 74.8. The normalized spacial score (nSPS) is 22.9. The molecule has 29 heteroatoms. The van der Waals surface area contributed by atoms with Gasteiger partial charge >= 0.3 is 23.9 Å². The number of carboxylic acid groups (broad SMARTS) is 4. The second-order valence-electron chi connectivity index (χ2n) is 38.3. The molecule has 8 aliphatic rings. The molecule has 2 bridgehead atoms. The molecule has 20 rings (SSSR count). The van der Waals surface area contributed by atoms with Crippen molar-refractivity contribution >= 4 is 91.8 Å². The summed E-state index contributed by atoms with van der Waals surface area (Å²) in [5, 5.41) is 39.3. The standard InChI is InChI=1S/C27H25F3N2O2.2C26H27F3N2O2.C25H23F3N2O3/c1-15-8-18-17-4-2-3-5-21(17)31-24(18)25(32(15)14-26-11-27(30,12-26)13-26)23-19(28)9-16(10-20(23)29)6-7-22(33)34;1-14-5-7-21-17(9-14)18-10-15(2)31(13-26(3,4)29)25(24(18)30-21)23-19(27)11-16(12-20(23)28)6-8-22(32)33;1-14-5-7-17-18-10-15(2)31(13-26(3,4)29)25(24(18)30-21(17)9-14)23-19(27)11-16(12-20(23)28)6-8-22(32)33;1-14-8-17-16-4-2-3-5-20(16)29-23(17)24(30(14)11-25(28)12-33-13-25)22-18(26)9-15(10-19(22)27)6-7-21(31)32/h2-7,9-10,15,25,31H,8,11-14H2,1H3,(H,33,34);2*5-9,11-12,15,25,30H,10,13H2,1-4H3,(H,32,33);2-7,9-10,14,24,29H,8,11-13H2,1H3,(H,31,32)/b7-6+;2*8-6+;7-6+. The number of benzene rings is 8. The van der Waals surface area contributed by atoms with Crippen LogP contribution in [0.15, 0.2) is 158 Å². The molecular weight excluding hydrogens is 1730 g/mol. The third-order valence-corrected chi connectivity index (χ3v) is 26.6. The first-order valence-corrected chi connectivity index (χ1v) is 44.2. The van der Waals surface area contributed by atoms with Crippen LogP contribution in [0.25, 0.3) is 67.9 Å². The van der Waals surface area contributed by atoms with E-state index in [0.29, 0.717) is 62.2 Å². The molecule has 0 radical (unpaired) electrons. The molecule has 0 amide bonds. The topological polar surface area (TPSA) is 235 Å². The van der Waals surface area contributed by atoms with Gasteiger partial charge in [0.2, 0.25) is 0 Å². The van der Waals surface area contributed by atoms with Crippen LogP contribution in [0, 0.1) is 65.8 Å². The number of hydrogen-bond donors (Lipinski definition) is 8. The molecule has 4 fully saturated rings.